The van der Waals surface area contributed by atoms with Gasteiger partial charge >= 0.3 is 0 Å². The second-order valence-electron chi connectivity index (χ2n) is 8.79. The first-order chi connectivity index (χ1) is 18.4. The molecule has 4 rings (SSSR count). The summed E-state index contributed by atoms with van der Waals surface area (Å²) in [4.78, 5) is 39.4. The smallest absolute Gasteiger partial charge is 0.272 e. The van der Waals surface area contributed by atoms with E-state index in [0.717, 1.165) is 21.6 Å². The molecule has 0 aliphatic rings. The number of amides is 2. The number of Topliss-reactive ketones (excluding diaryl/α,β-unsaturated/α-hetero) is 1. The van der Waals surface area contributed by atoms with Gasteiger partial charge in [-0.2, -0.15) is 0 Å². The van der Waals surface area contributed by atoms with Crippen molar-refractivity contribution in [3.8, 4) is 0 Å². The largest absolute Gasteiger partial charge is 0.321 e. The standard InChI is InChI=1S/C32H28N2O3S/c1-22-12-14-24(15-13-22)30(35)21-38-28-18-16-27(17-19-28)33-32(37)29(20-26-11-7-6-8-23(26)2)34-31(36)25-9-4-3-5-10-25/h3-20H,21H2,1-2H3,(H,33,37)(H,34,36)/b29-20-. The summed E-state index contributed by atoms with van der Waals surface area (Å²) < 4.78 is 0. The predicted molar refractivity (Wildman–Crippen MR) is 154 cm³/mol. The minimum atomic E-state index is -0.438. The molecule has 190 valence electrons. The molecule has 0 aromatic heterocycles. The molecule has 5 nitrogen and oxygen atoms in total. The molecular weight excluding hydrogens is 492 g/mol. The molecule has 0 aliphatic carbocycles. The molecule has 0 radical (unpaired) electrons. The first-order valence-electron chi connectivity index (χ1n) is 12.2. The van der Waals surface area contributed by atoms with E-state index in [-0.39, 0.29) is 17.4 Å². The molecule has 2 amide bonds. The van der Waals surface area contributed by atoms with Crippen molar-refractivity contribution in [2.24, 2.45) is 0 Å². The maximum atomic E-state index is 13.2. The minimum Gasteiger partial charge on any atom is -0.321 e. The molecule has 0 fully saturated rings. The van der Waals surface area contributed by atoms with Crippen LogP contribution in [0.3, 0.4) is 0 Å². The Morgan fingerprint density at radius 3 is 2.08 bits per heavy atom. The van der Waals surface area contributed by atoms with Gasteiger partial charge in [0.1, 0.15) is 5.70 Å². The van der Waals surface area contributed by atoms with Crippen molar-refractivity contribution in [2.75, 3.05) is 11.1 Å². The predicted octanol–water partition coefficient (Wildman–Crippen LogP) is 6.69. The molecule has 0 aliphatic heterocycles. The highest BCUT2D eigenvalue weighted by Crippen LogP contribution is 2.22. The Morgan fingerprint density at radius 1 is 0.737 bits per heavy atom. The van der Waals surface area contributed by atoms with Crippen LogP contribution < -0.4 is 10.6 Å². The van der Waals surface area contributed by atoms with Gasteiger partial charge in [-0.15, -0.1) is 11.8 Å². The lowest BCUT2D eigenvalue weighted by atomic mass is 10.1. The van der Waals surface area contributed by atoms with Crippen molar-refractivity contribution in [1.82, 2.24) is 5.32 Å². The summed E-state index contributed by atoms with van der Waals surface area (Å²) in [6.07, 6.45) is 1.67. The normalized spacial score (nSPS) is 11.1. The monoisotopic (exact) mass is 520 g/mol. The second-order valence-corrected chi connectivity index (χ2v) is 9.84. The van der Waals surface area contributed by atoms with Crippen LogP contribution in [0.2, 0.25) is 0 Å². The number of carbonyl (C=O) groups is 3. The summed E-state index contributed by atoms with van der Waals surface area (Å²) >= 11 is 1.44. The third-order valence-corrected chi connectivity index (χ3v) is 6.88. The van der Waals surface area contributed by atoms with E-state index < -0.39 is 5.91 Å². The molecule has 38 heavy (non-hydrogen) atoms. The SMILES string of the molecule is Cc1ccc(C(=O)CSc2ccc(NC(=O)/C(=C/c3ccccc3C)NC(=O)c3ccccc3)cc2)cc1. The van der Waals surface area contributed by atoms with E-state index >= 15 is 0 Å². The molecule has 0 saturated heterocycles. The van der Waals surface area contributed by atoms with E-state index in [1.165, 1.54) is 11.8 Å². The van der Waals surface area contributed by atoms with Crippen LogP contribution >= 0.6 is 11.8 Å². The van der Waals surface area contributed by atoms with Gasteiger partial charge in [-0.3, -0.25) is 14.4 Å². The number of hydrogen-bond acceptors (Lipinski definition) is 4. The van der Waals surface area contributed by atoms with E-state index in [0.29, 0.717) is 22.6 Å². The first-order valence-corrected chi connectivity index (χ1v) is 13.2. The topological polar surface area (TPSA) is 75.3 Å². The van der Waals surface area contributed by atoms with Crippen LogP contribution in [0.25, 0.3) is 6.08 Å². The lowest BCUT2D eigenvalue weighted by Crippen LogP contribution is -2.30. The number of hydrogen-bond donors (Lipinski definition) is 2. The Kier molecular flexibility index (Phi) is 8.90. The van der Waals surface area contributed by atoms with Crippen LogP contribution in [0, 0.1) is 13.8 Å². The molecule has 6 heteroatoms. The Balaban J connectivity index is 1.44. The summed E-state index contributed by atoms with van der Waals surface area (Å²) in [5, 5.41) is 5.62. The van der Waals surface area contributed by atoms with Crippen LogP contribution in [-0.4, -0.2) is 23.4 Å². The van der Waals surface area contributed by atoms with Crippen molar-refractivity contribution in [1.29, 1.82) is 0 Å². The average Bonchev–Trinajstić information content (AvgIpc) is 2.94. The summed E-state index contributed by atoms with van der Waals surface area (Å²) in [6, 6.07) is 31.2. The zero-order chi connectivity index (χ0) is 26.9. The molecule has 0 saturated carbocycles. The third kappa shape index (κ3) is 7.31. The van der Waals surface area contributed by atoms with Gasteiger partial charge in [0.2, 0.25) is 0 Å². The van der Waals surface area contributed by atoms with Gasteiger partial charge in [-0.25, -0.2) is 0 Å². The summed E-state index contributed by atoms with van der Waals surface area (Å²) in [6.45, 7) is 3.93. The Hall–Kier alpha value is -4.42. The van der Waals surface area contributed by atoms with E-state index in [1.54, 1.807) is 42.5 Å². The zero-order valence-electron chi connectivity index (χ0n) is 21.2. The van der Waals surface area contributed by atoms with E-state index in [4.69, 9.17) is 0 Å². The van der Waals surface area contributed by atoms with Gasteiger partial charge in [0, 0.05) is 21.7 Å². The van der Waals surface area contributed by atoms with Crippen molar-refractivity contribution in [3.05, 3.63) is 137 Å². The van der Waals surface area contributed by atoms with Crippen LogP contribution in [0.4, 0.5) is 5.69 Å². The van der Waals surface area contributed by atoms with Gasteiger partial charge in [0.25, 0.3) is 11.8 Å². The van der Waals surface area contributed by atoms with Gasteiger partial charge in [0.05, 0.1) is 5.75 Å². The molecule has 0 heterocycles. The van der Waals surface area contributed by atoms with Gasteiger partial charge < -0.3 is 10.6 Å². The van der Waals surface area contributed by atoms with Gasteiger partial charge in [0.15, 0.2) is 5.78 Å². The molecule has 0 bridgehead atoms. The number of aryl methyl sites for hydroxylation is 2. The average molecular weight is 521 g/mol. The van der Waals surface area contributed by atoms with E-state index in [1.807, 2.05) is 80.6 Å². The minimum absolute atomic E-state index is 0.0625. The van der Waals surface area contributed by atoms with Crippen LogP contribution in [0.5, 0.6) is 0 Å². The number of benzene rings is 4. The van der Waals surface area contributed by atoms with Crippen LogP contribution in [-0.2, 0) is 4.79 Å². The Labute approximate surface area is 227 Å². The van der Waals surface area contributed by atoms with Crippen LogP contribution in [0.1, 0.15) is 37.4 Å². The Bertz CT molecular complexity index is 1460. The van der Waals surface area contributed by atoms with Crippen molar-refractivity contribution < 1.29 is 14.4 Å². The molecule has 0 unspecified atom stereocenters. The molecule has 4 aromatic carbocycles. The lowest BCUT2D eigenvalue weighted by Gasteiger charge is -2.12. The van der Waals surface area contributed by atoms with E-state index in [9.17, 15) is 14.4 Å². The third-order valence-electron chi connectivity index (χ3n) is 5.87. The fraction of sp³-hybridized carbons (Fsp3) is 0.0938. The highest BCUT2D eigenvalue weighted by molar-refractivity contribution is 8.00. The molecule has 0 atom stereocenters. The molecule has 4 aromatic rings. The number of anilines is 1. The van der Waals surface area contributed by atoms with Crippen LogP contribution in [0.15, 0.2) is 114 Å². The molecule has 2 N–H and O–H groups in total. The maximum absolute atomic E-state index is 13.2. The second kappa shape index (κ2) is 12.7. The summed E-state index contributed by atoms with van der Waals surface area (Å²) in [7, 11) is 0. The molecule has 0 spiro atoms. The lowest BCUT2D eigenvalue weighted by molar-refractivity contribution is -0.113. The Morgan fingerprint density at radius 2 is 1.39 bits per heavy atom. The fourth-order valence-corrected chi connectivity index (χ4v) is 4.44. The fourth-order valence-electron chi connectivity index (χ4n) is 3.65. The number of ketones is 1. The zero-order valence-corrected chi connectivity index (χ0v) is 22.0. The highest BCUT2D eigenvalue weighted by Gasteiger charge is 2.16. The van der Waals surface area contributed by atoms with Crippen molar-refractivity contribution in [3.63, 3.8) is 0 Å². The number of thioether (sulfide) groups is 1. The van der Waals surface area contributed by atoms with Crippen molar-refractivity contribution >= 4 is 41.1 Å². The van der Waals surface area contributed by atoms with E-state index in [2.05, 4.69) is 10.6 Å². The summed E-state index contributed by atoms with van der Waals surface area (Å²) in [5.41, 5.74) is 4.78. The highest BCUT2D eigenvalue weighted by atomic mass is 32.2. The number of rotatable bonds is 9. The number of carbonyl (C=O) groups excluding carboxylic acids is 3. The van der Waals surface area contributed by atoms with Gasteiger partial charge in [-0.1, -0.05) is 72.3 Å². The first kappa shape index (κ1) is 26.6. The number of nitrogens with one attached hydrogen (secondary N) is 2. The molecular formula is C32H28N2O3S. The summed E-state index contributed by atoms with van der Waals surface area (Å²) in [5.74, 6) is -0.422. The maximum Gasteiger partial charge on any atom is 0.272 e. The van der Waals surface area contributed by atoms with Gasteiger partial charge in [-0.05, 0) is 67.4 Å². The quantitative estimate of drug-likeness (QED) is 0.147. The van der Waals surface area contributed by atoms with Crippen molar-refractivity contribution in [2.45, 2.75) is 18.7 Å².